The lowest BCUT2D eigenvalue weighted by atomic mass is 9.97. The first kappa shape index (κ1) is 23.0. The second kappa shape index (κ2) is 8.73. The van der Waals surface area contributed by atoms with Crippen LogP contribution in [0.5, 0.6) is 5.88 Å². The number of nitrogens with one attached hydrogen (secondary N) is 2. The monoisotopic (exact) mass is 530 g/mol. The predicted octanol–water partition coefficient (Wildman–Crippen LogP) is 3.76. The van der Waals surface area contributed by atoms with Crippen molar-refractivity contribution in [3.8, 4) is 17.0 Å². The van der Waals surface area contributed by atoms with Gasteiger partial charge in [0.05, 0.1) is 23.9 Å². The van der Waals surface area contributed by atoms with Gasteiger partial charge >= 0.3 is 6.03 Å². The first-order valence-electron chi connectivity index (χ1n) is 12.8. The van der Waals surface area contributed by atoms with Crippen molar-refractivity contribution >= 4 is 32.9 Å². The molecule has 0 spiro atoms. The minimum atomic E-state index is -4.17. The normalized spacial score (nSPS) is 16.6. The number of nitrogens with zero attached hydrogens (tertiary/aromatic N) is 4. The van der Waals surface area contributed by atoms with Gasteiger partial charge in [-0.05, 0) is 73.1 Å². The van der Waals surface area contributed by atoms with Crippen LogP contribution < -0.4 is 19.7 Å². The first-order valence-corrected chi connectivity index (χ1v) is 14.3. The van der Waals surface area contributed by atoms with Crippen molar-refractivity contribution in [3.05, 3.63) is 66.1 Å². The number of urea groups is 1. The van der Waals surface area contributed by atoms with E-state index in [0.29, 0.717) is 36.4 Å². The van der Waals surface area contributed by atoms with Crippen LogP contribution >= 0.6 is 0 Å². The van der Waals surface area contributed by atoms with Gasteiger partial charge in [0, 0.05) is 24.0 Å². The number of carbonyl (C=O) groups is 1. The van der Waals surface area contributed by atoms with Gasteiger partial charge in [-0.15, -0.1) is 0 Å². The van der Waals surface area contributed by atoms with Crippen LogP contribution in [0.3, 0.4) is 0 Å². The van der Waals surface area contributed by atoms with Crippen LogP contribution in [0.4, 0.5) is 16.2 Å². The van der Waals surface area contributed by atoms with Crippen LogP contribution in [-0.2, 0) is 22.9 Å². The summed E-state index contributed by atoms with van der Waals surface area (Å²) in [6.07, 6.45) is 9.67. The largest absolute Gasteiger partial charge is 0.474 e. The molecule has 0 saturated heterocycles. The molecule has 1 saturated carbocycles. The summed E-state index contributed by atoms with van der Waals surface area (Å²) in [4.78, 5) is 19.5. The van der Waals surface area contributed by atoms with E-state index >= 15 is 0 Å². The van der Waals surface area contributed by atoms with Gasteiger partial charge in [-0.1, -0.05) is 12.1 Å². The van der Waals surface area contributed by atoms with Gasteiger partial charge in [-0.25, -0.2) is 27.4 Å². The maximum atomic E-state index is 13.2. The molecule has 0 radical (unpaired) electrons. The molecule has 1 fully saturated rings. The molecular weight excluding hydrogens is 504 g/mol. The Bertz CT molecular complexity index is 1700. The van der Waals surface area contributed by atoms with Gasteiger partial charge in [0.1, 0.15) is 17.2 Å². The third-order valence-electron chi connectivity index (χ3n) is 7.44. The number of rotatable bonds is 5. The van der Waals surface area contributed by atoms with Crippen molar-refractivity contribution < 1.29 is 17.9 Å². The van der Waals surface area contributed by atoms with Gasteiger partial charge in [0.25, 0.3) is 10.0 Å². The number of benzene rings is 1. The topological polar surface area (TPSA) is 118 Å². The van der Waals surface area contributed by atoms with Crippen molar-refractivity contribution in [2.24, 2.45) is 0 Å². The lowest BCUT2D eigenvalue weighted by Gasteiger charge is -2.30. The second-order valence-electron chi connectivity index (χ2n) is 9.92. The quantitative estimate of drug-likeness (QED) is 0.403. The number of aromatic nitrogens is 3. The molecule has 2 N–H and O–H groups in total. The maximum absolute atomic E-state index is 13.2. The molecule has 10 nitrogen and oxygen atoms in total. The molecule has 0 unspecified atom stereocenters. The molecule has 11 heteroatoms. The predicted molar refractivity (Wildman–Crippen MR) is 142 cm³/mol. The van der Waals surface area contributed by atoms with Gasteiger partial charge in [-0.2, -0.15) is 5.10 Å². The summed E-state index contributed by atoms with van der Waals surface area (Å²) in [5.41, 5.74) is 6.14. The second-order valence-corrected chi connectivity index (χ2v) is 11.6. The standard InChI is InChI=1S/C27H26N6O4S/c34-27(31-38(35,36)21-15-24-26(28-16-21)37-13-12-32(24)19-5-6-19)30-25-22-3-1-2-17(22)4-7-23(25)18-9-11-33-20(14-18)8-10-29-33/h4,7-11,14-16,19H,1-3,5-6,12-13H2,(H2,30,31,34). The molecule has 0 bridgehead atoms. The Morgan fingerprint density at radius 1 is 1.11 bits per heavy atom. The van der Waals surface area contributed by atoms with E-state index in [1.54, 1.807) is 16.8 Å². The Hall–Kier alpha value is -4.12. The lowest BCUT2D eigenvalue weighted by Crippen LogP contribution is -2.36. The molecule has 1 aromatic carbocycles. The van der Waals surface area contributed by atoms with Crippen LogP contribution in [0, 0.1) is 0 Å². The highest BCUT2D eigenvalue weighted by molar-refractivity contribution is 7.90. The number of ether oxygens (including phenoxy) is 1. The van der Waals surface area contributed by atoms with Crippen LogP contribution in [-0.4, -0.2) is 48.2 Å². The lowest BCUT2D eigenvalue weighted by molar-refractivity contribution is 0.256. The van der Waals surface area contributed by atoms with E-state index in [1.807, 2.05) is 30.5 Å². The molecule has 4 heterocycles. The van der Waals surface area contributed by atoms with Crippen molar-refractivity contribution in [2.45, 2.75) is 43.0 Å². The van der Waals surface area contributed by atoms with Gasteiger partial charge in [0.2, 0.25) is 5.88 Å². The number of sulfonamides is 1. The van der Waals surface area contributed by atoms with Crippen molar-refractivity contribution in [2.75, 3.05) is 23.4 Å². The third kappa shape index (κ3) is 4.03. The Kier molecular flexibility index (Phi) is 5.29. The van der Waals surface area contributed by atoms with Gasteiger partial charge in [0.15, 0.2) is 0 Å². The zero-order chi connectivity index (χ0) is 25.9. The summed E-state index contributed by atoms with van der Waals surface area (Å²) in [6.45, 7) is 1.20. The fourth-order valence-electron chi connectivity index (χ4n) is 5.47. The van der Waals surface area contributed by atoms with E-state index in [4.69, 9.17) is 4.74 Å². The van der Waals surface area contributed by atoms with Gasteiger partial charge in [-0.3, -0.25) is 0 Å². The fourth-order valence-corrected chi connectivity index (χ4v) is 6.34. The highest BCUT2D eigenvalue weighted by atomic mass is 32.2. The van der Waals surface area contributed by atoms with Crippen LogP contribution in [0.2, 0.25) is 0 Å². The summed E-state index contributed by atoms with van der Waals surface area (Å²) in [5, 5.41) is 7.12. The van der Waals surface area contributed by atoms with Crippen molar-refractivity contribution in [1.29, 1.82) is 0 Å². The zero-order valence-electron chi connectivity index (χ0n) is 20.6. The maximum Gasteiger partial charge on any atom is 0.333 e. The number of anilines is 2. The minimum Gasteiger partial charge on any atom is -0.474 e. The Balaban J connectivity index is 1.19. The molecular formula is C27H26N6O4S. The molecule has 3 aromatic heterocycles. The summed E-state index contributed by atoms with van der Waals surface area (Å²) < 4.78 is 36.1. The van der Waals surface area contributed by atoms with Crippen LogP contribution in [0.25, 0.3) is 16.6 Å². The highest BCUT2D eigenvalue weighted by Crippen LogP contribution is 2.40. The highest BCUT2D eigenvalue weighted by Gasteiger charge is 2.34. The van der Waals surface area contributed by atoms with E-state index in [-0.39, 0.29) is 4.90 Å². The van der Waals surface area contributed by atoms with Gasteiger partial charge < -0.3 is 15.0 Å². The first-order chi connectivity index (χ1) is 18.5. The smallest absolute Gasteiger partial charge is 0.333 e. The summed E-state index contributed by atoms with van der Waals surface area (Å²) in [6, 6.07) is 11.0. The zero-order valence-corrected chi connectivity index (χ0v) is 21.4. The van der Waals surface area contributed by atoms with E-state index in [2.05, 4.69) is 31.1 Å². The van der Waals surface area contributed by atoms with E-state index in [9.17, 15) is 13.2 Å². The molecule has 2 amide bonds. The number of amides is 2. The van der Waals surface area contributed by atoms with Crippen LogP contribution in [0.1, 0.15) is 30.4 Å². The molecule has 1 aliphatic heterocycles. The molecule has 3 aliphatic rings. The summed E-state index contributed by atoms with van der Waals surface area (Å²) >= 11 is 0. The Morgan fingerprint density at radius 3 is 2.87 bits per heavy atom. The Labute approximate surface area is 219 Å². The van der Waals surface area contributed by atoms with Crippen molar-refractivity contribution in [3.63, 3.8) is 0 Å². The number of pyridine rings is 2. The molecule has 0 atom stereocenters. The summed E-state index contributed by atoms with van der Waals surface area (Å²) in [5.74, 6) is 0.422. The number of fused-ring (bicyclic) bond motifs is 3. The molecule has 38 heavy (non-hydrogen) atoms. The number of hydrogen-bond acceptors (Lipinski definition) is 7. The van der Waals surface area contributed by atoms with E-state index in [1.165, 1.54) is 6.20 Å². The minimum absolute atomic E-state index is 0.0766. The SMILES string of the molecule is O=C(Nc1c(-c2ccn3nccc3c2)ccc2c1CCC2)NS(=O)(=O)c1cnc2c(c1)N(C1CC1)CCO2. The average molecular weight is 531 g/mol. The Morgan fingerprint density at radius 2 is 2.00 bits per heavy atom. The van der Waals surface area contributed by atoms with E-state index in [0.717, 1.165) is 59.9 Å². The molecule has 2 aliphatic carbocycles. The number of hydrogen-bond donors (Lipinski definition) is 2. The number of aryl methyl sites for hydroxylation is 1. The van der Waals surface area contributed by atoms with E-state index < -0.39 is 16.1 Å². The fraction of sp³-hybridized carbons (Fsp3) is 0.296. The van der Waals surface area contributed by atoms with Crippen molar-refractivity contribution in [1.82, 2.24) is 19.3 Å². The summed E-state index contributed by atoms with van der Waals surface area (Å²) in [7, 11) is -4.17. The molecule has 7 rings (SSSR count). The molecule has 4 aromatic rings. The number of carbonyl (C=O) groups excluding carboxylic acids is 1. The third-order valence-corrected chi connectivity index (χ3v) is 8.74. The van der Waals surface area contributed by atoms with Crippen LogP contribution in [0.15, 0.2) is 59.9 Å². The average Bonchev–Trinajstić information content (AvgIpc) is 3.44. The molecule has 194 valence electrons.